The number of rotatable bonds is 2. The van der Waals surface area contributed by atoms with Gasteiger partial charge in [-0.25, -0.2) is 4.98 Å². The maximum Gasteiger partial charge on any atom is 0.0926 e. The van der Waals surface area contributed by atoms with E-state index >= 15 is 0 Å². The molecule has 2 heterocycles. The lowest BCUT2D eigenvalue weighted by Gasteiger charge is -2.38. The Labute approximate surface area is 103 Å². The first kappa shape index (κ1) is 11.3. The average molecular weight is 233 g/mol. The van der Waals surface area contributed by atoms with E-state index in [4.69, 9.17) is 0 Å². The van der Waals surface area contributed by atoms with Gasteiger partial charge in [0.1, 0.15) is 0 Å². The highest BCUT2D eigenvalue weighted by molar-refractivity contribution is 5.24. The van der Waals surface area contributed by atoms with Gasteiger partial charge in [-0.1, -0.05) is 32.1 Å². The summed E-state index contributed by atoms with van der Waals surface area (Å²) in [5.41, 5.74) is 2.73. The highest BCUT2D eigenvalue weighted by Gasteiger charge is 2.36. The normalized spacial score (nSPS) is 30.2. The topological polar surface area (TPSA) is 40.7 Å². The Hall–Kier alpha value is -0.830. The van der Waals surface area contributed by atoms with Crippen LogP contribution in [-0.2, 0) is 12.0 Å². The van der Waals surface area contributed by atoms with Gasteiger partial charge in [0.2, 0.25) is 0 Å². The summed E-state index contributed by atoms with van der Waals surface area (Å²) in [5, 5.41) is 3.70. The minimum absolute atomic E-state index is 0.107. The second-order valence-electron chi connectivity index (χ2n) is 5.95. The number of imidazole rings is 1. The summed E-state index contributed by atoms with van der Waals surface area (Å²) in [6.45, 7) is 3.42. The van der Waals surface area contributed by atoms with Crippen LogP contribution >= 0.6 is 0 Å². The Bertz CT molecular complexity index is 379. The molecule has 1 saturated carbocycles. The molecule has 0 saturated heterocycles. The van der Waals surface area contributed by atoms with Gasteiger partial charge in [0, 0.05) is 18.7 Å². The fourth-order valence-electron chi connectivity index (χ4n) is 3.67. The summed E-state index contributed by atoms with van der Waals surface area (Å²) in [7, 11) is 0. The SMILES string of the molecule is CC1(CC2CCCCC2)NCCc2[nH]cnc21. The fourth-order valence-corrected chi connectivity index (χ4v) is 3.67. The molecule has 1 aliphatic carbocycles. The first-order valence-corrected chi connectivity index (χ1v) is 7.06. The summed E-state index contributed by atoms with van der Waals surface area (Å²) in [6.07, 6.45) is 11.3. The van der Waals surface area contributed by atoms with Gasteiger partial charge >= 0.3 is 0 Å². The van der Waals surface area contributed by atoms with E-state index in [1.807, 2.05) is 6.33 Å². The Morgan fingerprint density at radius 3 is 3.00 bits per heavy atom. The van der Waals surface area contributed by atoms with Crippen molar-refractivity contribution >= 4 is 0 Å². The van der Waals surface area contributed by atoms with E-state index in [1.165, 1.54) is 49.9 Å². The molecule has 1 atom stereocenters. The van der Waals surface area contributed by atoms with Gasteiger partial charge in [0.05, 0.1) is 17.6 Å². The van der Waals surface area contributed by atoms with Crippen molar-refractivity contribution in [1.29, 1.82) is 0 Å². The molecule has 17 heavy (non-hydrogen) atoms. The zero-order valence-electron chi connectivity index (χ0n) is 10.8. The zero-order valence-corrected chi connectivity index (χ0v) is 10.8. The van der Waals surface area contributed by atoms with E-state index < -0.39 is 0 Å². The number of H-pyrrole nitrogens is 1. The number of hydrogen-bond acceptors (Lipinski definition) is 2. The molecular weight excluding hydrogens is 210 g/mol. The van der Waals surface area contributed by atoms with E-state index in [9.17, 15) is 0 Å². The van der Waals surface area contributed by atoms with Crippen LogP contribution in [0, 0.1) is 5.92 Å². The number of nitrogens with zero attached hydrogens (tertiary/aromatic N) is 1. The van der Waals surface area contributed by atoms with Crippen molar-refractivity contribution in [2.75, 3.05) is 6.54 Å². The molecule has 1 aromatic rings. The van der Waals surface area contributed by atoms with Crippen molar-refractivity contribution in [2.24, 2.45) is 5.92 Å². The quantitative estimate of drug-likeness (QED) is 0.824. The molecule has 2 N–H and O–H groups in total. The number of nitrogens with one attached hydrogen (secondary N) is 2. The van der Waals surface area contributed by atoms with Crippen LogP contribution in [0.3, 0.4) is 0 Å². The minimum atomic E-state index is 0.107. The van der Waals surface area contributed by atoms with E-state index in [0.29, 0.717) is 0 Å². The van der Waals surface area contributed by atoms with E-state index in [2.05, 4.69) is 22.2 Å². The predicted octanol–water partition coefficient (Wildman–Crippen LogP) is 2.74. The number of aromatic amines is 1. The summed E-state index contributed by atoms with van der Waals surface area (Å²) in [4.78, 5) is 7.86. The van der Waals surface area contributed by atoms with Crippen molar-refractivity contribution in [3.63, 3.8) is 0 Å². The van der Waals surface area contributed by atoms with Crippen molar-refractivity contribution in [3.8, 4) is 0 Å². The molecule has 3 heteroatoms. The van der Waals surface area contributed by atoms with E-state index in [1.54, 1.807) is 0 Å². The van der Waals surface area contributed by atoms with Gasteiger partial charge in [-0.3, -0.25) is 0 Å². The first-order chi connectivity index (χ1) is 8.28. The van der Waals surface area contributed by atoms with Crippen LogP contribution in [-0.4, -0.2) is 16.5 Å². The predicted molar refractivity (Wildman–Crippen MR) is 68.8 cm³/mol. The highest BCUT2D eigenvalue weighted by atomic mass is 15.1. The molecule has 1 aliphatic heterocycles. The molecule has 1 fully saturated rings. The van der Waals surface area contributed by atoms with Crippen molar-refractivity contribution in [1.82, 2.24) is 15.3 Å². The maximum atomic E-state index is 4.56. The van der Waals surface area contributed by atoms with E-state index in [0.717, 1.165) is 18.9 Å². The molecule has 0 bridgehead atoms. The summed E-state index contributed by atoms with van der Waals surface area (Å²) in [5.74, 6) is 0.892. The van der Waals surface area contributed by atoms with Crippen molar-refractivity contribution in [3.05, 3.63) is 17.7 Å². The third kappa shape index (κ3) is 2.13. The van der Waals surface area contributed by atoms with Crippen LogP contribution in [0.4, 0.5) is 0 Å². The largest absolute Gasteiger partial charge is 0.348 e. The maximum absolute atomic E-state index is 4.56. The smallest absolute Gasteiger partial charge is 0.0926 e. The molecule has 0 aromatic carbocycles. The van der Waals surface area contributed by atoms with E-state index in [-0.39, 0.29) is 5.54 Å². The second-order valence-corrected chi connectivity index (χ2v) is 5.95. The van der Waals surface area contributed by atoms with Gasteiger partial charge in [0.15, 0.2) is 0 Å². The van der Waals surface area contributed by atoms with Gasteiger partial charge in [-0.15, -0.1) is 0 Å². The van der Waals surface area contributed by atoms with Gasteiger partial charge < -0.3 is 10.3 Å². The summed E-state index contributed by atoms with van der Waals surface area (Å²) in [6, 6.07) is 0. The second kappa shape index (κ2) is 4.45. The molecular formula is C14H23N3. The van der Waals surface area contributed by atoms with Crippen LogP contribution in [0.5, 0.6) is 0 Å². The van der Waals surface area contributed by atoms with Crippen LogP contribution in [0.15, 0.2) is 6.33 Å². The van der Waals surface area contributed by atoms with Gasteiger partial charge in [-0.05, 0) is 19.3 Å². The Morgan fingerprint density at radius 1 is 1.35 bits per heavy atom. The third-order valence-corrected chi connectivity index (χ3v) is 4.55. The Morgan fingerprint density at radius 2 is 2.18 bits per heavy atom. The van der Waals surface area contributed by atoms with Crippen LogP contribution in [0.1, 0.15) is 56.8 Å². The van der Waals surface area contributed by atoms with Crippen molar-refractivity contribution in [2.45, 2.75) is 57.4 Å². The average Bonchev–Trinajstić information content (AvgIpc) is 2.80. The summed E-state index contributed by atoms with van der Waals surface area (Å²) >= 11 is 0. The number of fused-ring (bicyclic) bond motifs is 1. The Balaban J connectivity index is 1.77. The molecule has 1 unspecified atom stereocenters. The fraction of sp³-hybridized carbons (Fsp3) is 0.786. The van der Waals surface area contributed by atoms with Gasteiger partial charge in [-0.2, -0.15) is 0 Å². The van der Waals surface area contributed by atoms with Crippen LogP contribution < -0.4 is 5.32 Å². The number of aromatic nitrogens is 2. The molecule has 0 amide bonds. The minimum Gasteiger partial charge on any atom is -0.348 e. The number of hydrogen-bond donors (Lipinski definition) is 2. The zero-order chi connectivity index (χ0) is 11.7. The lowest BCUT2D eigenvalue weighted by molar-refractivity contribution is 0.221. The molecule has 3 rings (SSSR count). The molecule has 94 valence electrons. The molecule has 0 radical (unpaired) electrons. The standard InChI is InChI=1S/C14H23N3/c1-14(9-11-5-3-2-4-6-11)13-12(7-8-17-14)15-10-16-13/h10-11,17H,2-9H2,1H3,(H,15,16). The molecule has 3 nitrogen and oxygen atoms in total. The van der Waals surface area contributed by atoms with Gasteiger partial charge in [0.25, 0.3) is 0 Å². The first-order valence-electron chi connectivity index (χ1n) is 7.06. The van der Waals surface area contributed by atoms with Crippen LogP contribution in [0.2, 0.25) is 0 Å². The molecule has 2 aliphatic rings. The van der Waals surface area contributed by atoms with Crippen LogP contribution in [0.25, 0.3) is 0 Å². The lowest BCUT2D eigenvalue weighted by atomic mass is 9.77. The van der Waals surface area contributed by atoms with Crippen molar-refractivity contribution < 1.29 is 0 Å². The Kier molecular flexibility index (Phi) is 2.95. The highest BCUT2D eigenvalue weighted by Crippen LogP contribution is 2.37. The monoisotopic (exact) mass is 233 g/mol. The lowest BCUT2D eigenvalue weighted by Crippen LogP contribution is -2.46. The molecule has 0 spiro atoms. The molecule has 1 aromatic heterocycles. The third-order valence-electron chi connectivity index (χ3n) is 4.55. The summed E-state index contributed by atoms with van der Waals surface area (Å²) < 4.78 is 0.